The number of hydrogen-bond acceptors (Lipinski definition) is 2. The fraction of sp³-hybridized carbons (Fsp3) is 0.615. The zero-order valence-electron chi connectivity index (χ0n) is 18.3. The van der Waals surface area contributed by atoms with Crippen LogP contribution in [0.1, 0.15) is 78.7 Å². The van der Waals surface area contributed by atoms with Crippen molar-refractivity contribution in [1.82, 2.24) is 0 Å². The maximum atomic E-state index is 6.58. The van der Waals surface area contributed by atoms with Crippen LogP contribution in [0.3, 0.4) is 0 Å². The Balaban J connectivity index is 1.41. The van der Waals surface area contributed by atoms with E-state index in [-0.39, 0.29) is 11.9 Å². The molecule has 2 nitrogen and oxygen atoms in total. The van der Waals surface area contributed by atoms with Crippen molar-refractivity contribution in [2.75, 3.05) is 0 Å². The SMILES string of the molecule is CC(C)=CC(=C(C)C)c1ccc(OC(C)OC23CC4CC(CC(C4)C2)C3)cc1. The molecule has 0 N–H and O–H groups in total. The van der Waals surface area contributed by atoms with E-state index in [0.29, 0.717) is 0 Å². The number of allylic oxidation sites excluding steroid dienone is 4. The highest BCUT2D eigenvalue weighted by Crippen LogP contribution is 2.57. The Hall–Kier alpha value is -1.54. The van der Waals surface area contributed by atoms with E-state index in [1.807, 2.05) is 0 Å². The molecule has 1 aromatic carbocycles. The van der Waals surface area contributed by atoms with Crippen LogP contribution in [-0.2, 0) is 4.74 Å². The Labute approximate surface area is 171 Å². The third kappa shape index (κ3) is 4.22. The highest BCUT2D eigenvalue weighted by molar-refractivity contribution is 5.76. The first kappa shape index (κ1) is 19.8. The Morgan fingerprint density at radius 2 is 1.46 bits per heavy atom. The molecular formula is C26H36O2. The predicted molar refractivity (Wildman–Crippen MR) is 116 cm³/mol. The largest absolute Gasteiger partial charge is 0.465 e. The summed E-state index contributed by atoms with van der Waals surface area (Å²) in [7, 11) is 0. The van der Waals surface area contributed by atoms with Gasteiger partial charge < -0.3 is 9.47 Å². The Morgan fingerprint density at radius 3 is 1.93 bits per heavy atom. The summed E-state index contributed by atoms with van der Waals surface area (Å²) >= 11 is 0. The van der Waals surface area contributed by atoms with Gasteiger partial charge in [-0.15, -0.1) is 0 Å². The van der Waals surface area contributed by atoms with Crippen molar-refractivity contribution in [3.05, 3.63) is 47.1 Å². The maximum absolute atomic E-state index is 6.58. The van der Waals surface area contributed by atoms with Crippen LogP contribution < -0.4 is 4.74 Å². The number of hydrogen-bond donors (Lipinski definition) is 0. The molecule has 4 aliphatic carbocycles. The van der Waals surface area contributed by atoms with E-state index >= 15 is 0 Å². The van der Waals surface area contributed by atoms with Gasteiger partial charge >= 0.3 is 0 Å². The minimum Gasteiger partial charge on any atom is -0.465 e. The average molecular weight is 381 g/mol. The van der Waals surface area contributed by atoms with Crippen LogP contribution in [0.2, 0.25) is 0 Å². The lowest BCUT2D eigenvalue weighted by Crippen LogP contribution is -2.53. The summed E-state index contributed by atoms with van der Waals surface area (Å²) in [4.78, 5) is 0. The lowest BCUT2D eigenvalue weighted by molar-refractivity contribution is -0.225. The summed E-state index contributed by atoms with van der Waals surface area (Å²) in [5, 5.41) is 0. The topological polar surface area (TPSA) is 18.5 Å². The summed E-state index contributed by atoms with van der Waals surface area (Å²) in [6.07, 6.45) is 10.1. The maximum Gasteiger partial charge on any atom is 0.197 e. The van der Waals surface area contributed by atoms with Gasteiger partial charge in [0.05, 0.1) is 5.60 Å². The van der Waals surface area contributed by atoms with E-state index in [1.54, 1.807) is 0 Å². The van der Waals surface area contributed by atoms with Crippen LogP contribution in [0.25, 0.3) is 5.57 Å². The molecule has 1 aromatic rings. The highest BCUT2D eigenvalue weighted by Gasteiger charge is 2.52. The molecule has 1 unspecified atom stereocenters. The molecule has 28 heavy (non-hydrogen) atoms. The number of benzene rings is 1. The Morgan fingerprint density at radius 1 is 0.929 bits per heavy atom. The third-order valence-corrected chi connectivity index (χ3v) is 6.84. The molecule has 0 aromatic heterocycles. The van der Waals surface area contributed by atoms with Gasteiger partial charge in [0.2, 0.25) is 0 Å². The Kier molecular flexibility index (Phi) is 5.44. The van der Waals surface area contributed by atoms with Gasteiger partial charge in [-0.3, -0.25) is 0 Å². The second-order valence-corrected chi connectivity index (χ2v) is 10.1. The lowest BCUT2D eigenvalue weighted by atomic mass is 9.54. The Bertz CT molecular complexity index is 725. The normalized spacial score (nSPS) is 31.4. The van der Waals surface area contributed by atoms with Crippen molar-refractivity contribution in [3.63, 3.8) is 0 Å². The fourth-order valence-corrected chi connectivity index (χ4v) is 6.26. The molecule has 0 spiro atoms. The van der Waals surface area contributed by atoms with Gasteiger partial charge in [-0.2, -0.15) is 0 Å². The minimum absolute atomic E-state index is 0.0901. The van der Waals surface area contributed by atoms with Gasteiger partial charge in [0.15, 0.2) is 6.29 Å². The van der Waals surface area contributed by atoms with Gasteiger partial charge in [0.1, 0.15) is 5.75 Å². The molecule has 0 radical (unpaired) electrons. The van der Waals surface area contributed by atoms with E-state index in [4.69, 9.17) is 9.47 Å². The van der Waals surface area contributed by atoms with Crippen molar-refractivity contribution in [2.45, 2.75) is 85.0 Å². The summed E-state index contributed by atoms with van der Waals surface area (Å²) in [5.41, 5.74) is 5.27. The number of rotatable bonds is 6. The fourth-order valence-electron chi connectivity index (χ4n) is 6.26. The number of ether oxygens (including phenoxy) is 2. The second-order valence-electron chi connectivity index (χ2n) is 10.1. The van der Waals surface area contributed by atoms with Gasteiger partial charge in [0, 0.05) is 0 Å². The van der Waals surface area contributed by atoms with Crippen LogP contribution in [0, 0.1) is 17.8 Å². The monoisotopic (exact) mass is 380 g/mol. The molecule has 0 heterocycles. The summed E-state index contributed by atoms with van der Waals surface area (Å²) < 4.78 is 12.8. The van der Waals surface area contributed by atoms with E-state index in [9.17, 15) is 0 Å². The second kappa shape index (κ2) is 7.71. The molecule has 4 saturated carbocycles. The zero-order valence-corrected chi connectivity index (χ0v) is 18.3. The molecule has 4 bridgehead atoms. The molecule has 2 heteroatoms. The van der Waals surface area contributed by atoms with Crippen LogP contribution in [0.4, 0.5) is 0 Å². The third-order valence-electron chi connectivity index (χ3n) is 6.84. The standard InChI is InChI=1S/C26H36O2/c1-17(2)10-25(18(3)4)23-6-8-24(9-7-23)27-19(5)28-26-14-20-11-21(15-26)13-22(12-20)16-26/h6-10,19-22H,11-16H2,1-5H3. The van der Waals surface area contributed by atoms with E-state index in [2.05, 4.69) is 65.0 Å². The van der Waals surface area contributed by atoms with Crippen LogP contribution in [0.5, 0.6) is 5.75 Å². The molecule has 0 aliphatic heterocycles. The summed E-state index contributed by atoms with van der Waals surface area (Å²) in [6, 6.07) is 8.48. The first-order chi connectivity index (χ1) is 13.3. The van der Waals surface area contributed by atoms with Crippen molar-refractivity contribution >= 4 is 5.57 Å². The molecule has 152 valence electrons. The molecule has 4 fully saturated rings. The van der Waals surface area contributed by atoms with Crippen molar-refractivity contribution in [3.8, 4) is 5.75 Å². The van der Waals surface area contributed by atoms with Crippen LogP contribution in [0.15, 0.2) is 41.5 Å². The van der Waals surface area contributed by atoms with Crippen molar-refractivity contribution in [2.24, 2.45) is 17.8 Å². The molecule has 5 rings (SSSR count). The van der Waals surface area contributed by atoms with Gasteiger partial charge in [-0.25, -0.2) is 0 Å². The quantitative estimate of drug-likeness (QED) is 0.385. The van der Waals surface area contributed by atoms with Gasteiger partial charge in [-0.05, 0) is 114 Å². The van der Waals surface area contributed by atoms with Crippen LogP contribution in [-0.4, -0.2) is 11.9 Å². The first-order valence-electron chi connectivity index (χ1n) is 11.1. The van der Waals surface area contributed by atoms with Crippen LogP contribution >= 0.6 is 0 Å². The van der Waals surface area contributed by atoms with Crippen molar-refractivity contribution < 1.29 is 9.47 Å². The van der Waals surface area contributed by atoms with E-state index < -0.39 is 0 Å². The van der Waals surface area contributed by atoms with Crippen molar-refractivity contribution in [1.29, 1.82) is 0 Å². The summed E-state index contributed by atoms with van der Waals surface area (Å²) in [6.45, 7) is 10.7. The van der Waals surface area contributed by atoms with Gasteiger partial charge in [-0.1, -0.05) is 29.4 Å². The minimum atomic E-state index is -0.192. The molecule has 4 aliphatic rings. The smallest absolute Gasteiger partial charge is 0.197 e. The molecule has 0 amide bonds. The predicted octanol–water partition coefficient (Wildman–Crippen LogP) is 7.16. The highest BCUT2D eigenvalue weighted by atomic mass is 16.7. The lowest BCUT2D eigenvalue weighted by Gasteiger charge is -2.56. The molecule has 1 atom stereocenters. The molecule has 0 saturated heterocycles. The first-order valence-corrected chi connectivity index (χ1v) is 11.1. The molecular weight excluding hydrogens is 344 g/mol. The zero-order chi connectivity index (χ0) is 19.9. The average Bonchev–Trinajstić information content (AvgIpc) is 2.58. The van der Waals surface area contributed by atoms with E-state index in [1.165, 1.54) is 60.8 Å². The van der Waals surface area contributed by atoms with E-state index in [0.717, 1.165) is 23.5 Å². The van der Waals surface area contributed by atoms with Gasteiger partial charge in [0.25, 0.3) is 0 Å². The summed E-state index contributed by atoms with van der Waals surface area (Å²) in [5.74, 6) is 3.59.